The number of phenols is 2. The van der Waals surface area contributed by atoms with Crippen LogP contribution in [0.25, 0.3) is 22.5 Å². The van der Waals surface area contributed by atoms with Crippen LogP contribution < -0.4 is 0 Å². The van der Waals surface area contributed by atoms with E-state index in [4.69, 9.17) is 9.97 Å². The molecule has 0 aliphatic heterocycles. The Morgan fingerprint density at radius 2 is 1.00 bits per heavy atom. The first-order valence-corrected chi connectivity index (χ1v) is 14.1. The number of hydrogen-bond acceptors (Lipinski definition) is 4. The van der Waals surface area contributed by atoms with Crippen LogP contribution in [-0.4, -0.2) is 20.2 Å². The molecule has 4 nitrogen and oxygen atoms in total. The second kappa shape index (κ2) is 16.0. The highest BCUT2D eigenvalue weighted by atomic mass is 16.3. The molecule has 0 aliphatic rings. The molecule has 2 N–H and O–H groups in total. The molecule has 2 aromatic carbocycles. The molecule has 0 aliphatic carbocycles. The lowest BCUT2D eigenvalue weighted by Crippen LogP contribution is -2.00. The van der Waals surface area contributed by atoms with Crippen LogP contribution in [0.15, 0.2) is 54.7 Å². The highest BCUT2D eigenvalue weighted by Gasteiger charge is 2.12. The fraction of sp³-hybridized carbons (Fsp3) is 0.500. The van der Waals surface area contributed by atoms with Crippen LogP contribution in [0, 0.1) is 0 Å². The molecule has 0 radical (unpaired) electrons. The first kappa shape index (κ1) is 27.7. The molecule has 0 atom stereocenters. The van der Waals surface area contributed by atoms with Gasteiger partial charge in [0.15, 0.2) is 0 Å². The van der Waals surface area contributed by atoms with E-state index in [1.54, 1.807) is 30.5 Å². The number of aryl methyl sites for hydroxylation is 1. The van der Waals surface area contributed by atoms with Gasteiger partial charge in [-0.05, 0) is 61.4 Å². The minimum Gasteiger partial charge on any atom is -0.508 e. The van der Waals surface area contributed by atoms with Crippen molar-refractivity contribution in [3.8, 4) is 34.0 Å². The maximum atomic E-state index is 9.68. The lowest BCUT2D eigenvalue weighted by Gasteiger charge is -2.11. The van der Waals surface area contributed by atoms with Crippen molar-refractivity contribution in [2.45, 2.75) is 103 Å². The first-order valence-electron chi connectivity index (χ1n) is 14.1. The predicted molar refractivity (Wildman–Crippen MR) is 150 cm³/mol. The van der Waals surface area contributed by atoms with Gasteiger partial charge in [-0.3, -0.25) is 4.98 Å². The van der Waals surface area contributed by atoms with E-state index in [0.717, 1.165) is 41.1 Å². The monoisotopic (exact) mass is 488 g/mol. The summed E-state index contributed by atoms with van der Waals surface area (Å²) in [5.41, 5.74) is 4.60. The van der Waals surface area contributed by atoms with Crippen LogP contribution in [0.2, 0.25) is 0 Å². The van der Waals surface area contributed by atoms with Crippen molar-refractivity contribution in [3.05, 3.63) is 60.4 Å². The molecule has 0 saturated carbocycles. The Morgan fingerprint density at radius 3 is 1.50 bits per heavy atom. The fourth-order valence-electron chi connectivity index (χ4n) is 4.72. The molecule has 0 unspecified atom stereocenters. The summed E-state index contributed by atoms with van der Waals surface area (Å²) in [5, 5.41) is 19.3. The summed E-state index contributed by atoms with van der Waals surface area (Å²) >= 11 is 0. The number of benzene rings is 2. The molecule has 0 saturated heterocycles. The summed E-state index contributed by atoms with van der Waals surface area (Å²) in [6, 6.07) is 14.3. The molecular formula is C32H44N2O2. The summed E-state index contributed by atoms with van der Waals surface area (Å²) in [6.45, 7) is 2.28. The zero-order valence-corrected chi connectivity index (χ0v) is 22.1. The van der Waals surface area contributed by atoms with E-state index in [2.05, 4.69) is 6.92 Å². The fourth-order valence-corrected chi connectivity index (χ4v) is 4.72. The Kier molecular flexibility index (Phi) is 12.3. The van der Waals surface area contributed by atoms with Crippen LogP contribution in [0.1, 0.15) is 103 Å². The zero-order valence-electron chi connectivity index (χ0n) is 22.1. The van der Waals surface area contributed by atoms with E-state index in [9.17, 15) is 10.2 Å². The van der Waals surface area contributed by atoms with E-state index in [-0.39, 0.29) is 11.5 Å². The summed E-state index contributed by atoms with van der Waals surface area (Å²) in [6.07, 6.45) is 21.5. The molecular weight excluding hydrogens is 444 g/mol. The molecule has 0 spiro atoms. The Morgan fingerprint density at radius 1 is 0.556 bits per heavy atom. The maximum absolute atomic E-state index is 9.68. The molecule has 1 heterocycles. The minimum absolute atomic E-state index is 0.245. The Bertz CT molecular complexity index is 1000. The van der Waals surface area contributed by atoms with Crippen molar-refractivity contribution in [1.82, 2.24) is 9.97 Å². The van der Waals surface area contributed by atoms with Crippen molar-refractivity contribution < 1.29 is 10.2 Å². The third kappa shape index (κ3) is 9.64. The molecule has 0 fully saturated rings. The zero-order chi connectivity index (χ0) is 25.4. The van der Waals surface area contributed by atoms with Crippen LogP contribution in [-0.2, 0) is 6.42 Å². The highest BCUT2D eigenvalue weighted by Crippen LogP contribution is 2.27. The smallest absolute Gasteiger partial charge is 0.115 e. The van der Waals surface area contributed by atoms with E-state index in [0.29, 0.717) is 0 Å². The highest BCUT2D eigenvalue weighted by molar-refractivity contribution is 5.66. The molecule has 0 amide bonds. The van der Waals surface area contributed by atoms with Gasteiger partial charge in [-0.15, -0.1) is 0 Å². The number of rotatable bonds is 17. The lowest BCUT2D eigenvalue weighted by atomic mass is 10.0. The van der Waals surface area contributed by atoms with Gasteiger partial charge in [-0.2, -0.15) is 0 Å². The topological polar surface area (TPSA) is 66.2 Å². The number of aromatic nitrogens is 2. The van der Waals surface area contributed by atoms with Crippen LogP contribution in [0.5, 0.6) is 11.5 Å². The molecule has 3 aromatic rings. The van der Waals surface area contributed by atoms with Gasteiger partial charge >= 0.3 is 0 Å². The van der Waals surface area contributed by atoms with Gasteiger partial charge in [0.05, 0.1) is 23.3 Å². The Labute approximate surface area is 217 Å². The van der Waals surface area contributed by atoms with Crippen LogP contribution in [0.3, 0.4) is 0 Å². The number of unbranched alkanes of at least 4 members (excludes halogenated alkanes) is 13. The third-order valence-corrected chi connectivity index (χ3v) is 6.92. The SMILES string of the molecule is CCCCCCCCCCCCCCCCc1nc(-c2ccc(O)cc2)cnc1-c1ccc(O)cc1. The van der Waals surface area contributed by atoms with E-state index < -0.39 is 0 Å². The molecule has 36 heavy (non-hydrogen) atoms. The van der Waals surface area contributed by atoms with Gasteiger partial charge in [-0.25, -0.2) is 4.98 Å². The molecule has 1 aromatic heterocycles. The quantitative estimate of drug-likeness (QED) is 0.186. The van der Waals surface area contributed by atoms with Gasteiger partial charge in [0.2, 0.25) is 0 Å². The second-order valence-electron chi connectivity index (χ2n) is 9.99. The summed E-state index contributed by atoms with van der Waals surface area (Å²) in [4.78, 5) is 9.72. The summed E-state index contributed by atoms with van der Waals surface area (Å²) in [5.74, 6) is 0.496. The Hall–Kier alpha value is -2.88. The molecule has 4 heteroatoms. The largest absolute Gasteiger partial charge is 0.508 e. The van der Waals surface area contributed by atoms with Crippen molar-refractivity contribution >= 4 is 0 Å². The normalized spacial score (nSPS) is 11.1. The minimum atomic E-state index is 0.245. The number of aromatic hydroxyl groups is 2. The average molecular weight is 489 g/mol. The van der Waals surface area contributed by atoms with Crippen LogP contribution >= 0.6 is 0 Å². The number of hydrogen-bond donors (Lipinski definition) is 2. The average Bonchev–Trinajstić information content (AvgIpc) is 2.90. The molecule has 3 rings (SSSR count). The van der Waals surface area contributed by atoms with Crippen molar-refractivity contribution in [2.75, 3.05) is 0 Å². The van der Waals surface area contributed by atoms with Gasteiger partial charge in [0, 0.05) is 11.1 Å². The maximum Gasteiger partial charge on any atom is 0.115 e. The summed E-state index contributed by atoms with van der Waals surface area (Å²) < 4.78 is 0. The van der Waals surface area contributed by atoms with Crippen LogP contribution in [0.4, 0.5) is 0 Å². The van der Waals surface area contributed by atoms with E-state index in [1.165, 1.54) is 83.5 Å². The lowest BCUT2D eigenvalue weighted by molar-refractivity contribution is 0.475. The molecule has 194 valence electrons. The van der Waals surface area contributed by atoms with Gasteiger partial charge in [-0.1, -0.05) is 90.4 Å². The second-order valence-corrected chi connectivity index (χ2v) is 9.99. The van der Waals surface area contributed by atoms with Crippen molar-refractivity contribution in [1.29, 1.82) is 0 Å². The van der Waals surface area contributed by atoms with Gasteiger partial charge in [0.25, 0.3) is 0 Å². The van der Waals surface area contributed by atoms with Crippen molar-refractivity contribution in [3.63, 3.8) is 0 Å². The van der Waals surface area contributed by atoms with Crippen molar-refractivity contribution in [2.24, 2.45) is 0 Å². The third-order valence-electron chi connectivity index (χ3n) is 6.92. The summed E-state index contributed by atoms with van der Waals surface area (Å²) in [7, 11) is 0. The number of nitrogens with zero attached hydrogens (tertiary/aromatic N) is 2. The first-order chi connectivity index (χ1) is 17.7. The van der Waals surface area contributed by atoms with E-state index >= 15 is 0 Å². The standard InChI is InChI=1S/C32H44N2O2/c1-2-3-4-5-6-7-8-9-10-11-12-13-14-15-16-30-32(27-19-23-29(36)24-20-27)33-25-31(34-30)26-17-21-28(35)22-18-26/h17-25,35-36H,2-16H2,1H3. The van der Waals surface area contributed by atoms with Gasteiger partial charge < -0.3 is 10.2 Å². The molecule has 0 bridgehead atoms. The number of phenolic OH excluding ortho intramolecular Hbond substituents is 2. The van der Waals surface area contributed by atoms with E-state index in [1.807, 2.05) is 24.3 Å². The van der Waals surface area contributed by atoms with Gasteiger partial charge in [0.1, 0.15) is 11.5 Å². The Balaban J connectivity index is 1.44. The predicted octanol–water partition coefficient (Wildman–Crippen LogP) is 9.25.